The fourth-order valence-corrected chi connectivity index (χ4v) is 5.22. The molecule has 0 spiro atoms. The molecule has 41 heavy (non-hydrogen) atoms. The van der Waals surface area contributed by atoms with E-state index in [2.05, 4.69) is 20.0 Å². The van der Waals surface area contributed by atoms with Gasteiger partial charge in [0.25, 0.3) is 0 Å². The van der Waals surface area contributed by atoms with Crippen LogP contribution in [0.3, 0.4) is 0 Å². The van der Waals surface area contributed by atoms with Crippen molar-refractivity contribution in [2.45, 2.75) is 58.2 Å². The molecule has 1 N–H and O–H groups in total. The van der Waals surface area contributed by atoms with Crippen LogP contribution in [0.2, 0.25) is 5.02 Å². The number of hydrogen-bond donors (Lipinski definition) is 1. The molecule has 11 nitrogen and oxygen atoms in total. The monoisotopic (exact) mass is 581 g/mol. The highest BCUT2D eigenvalue weighted by Crippen LogP contribution is 2.47. The number of aliphatic carboxylic acids is 1. The molecule has 0 aliphatic carbocycles. The summed E-state index contributed by atoms with van der Waals surface area (Å²) in [7, 11) is 3.20. The van der Waals surface area contributed by atoms with E-state index in [1.807, 2.05) is 62.4 Å². The number of aryl methyl sites for hydroxylation is 1. The number of tetrazole rings is 1. The molecular weight excluding hydrogens is 550 g/mol. The highest BCUT2D eigenvalue weighted by molar-refractivity contribution is 6.30. The van der Waals surface area contributed by atoms with Crippen LogP contribution >= 0.6 is 11.6 Å². The molecule has 0 bridgehead atoms. The quantitative estimate of drug-likeness (QED) is 0.262. The average molecular weight is 582 g/mol. The Kier molecular flexibility index (Phi) is 8.57. The Bertz CT molecular complexity index is 1530. The van der Waals surface area contributed by atoms with Gasteiger partial charge in [-0.2, -0.15) is 4.80 Å². The first-order valence-corrected chi connectivity index (χ1v) is 13.6. The summed E-state index contributed by atoms with van der Waals surface area (Å²) in [6.45, 7) is 4.75. The van der Waals surface area contributed by atoms with E-state index in [4.69, 9.17) is 35.7 Å². The van der Waals surface area contributed by atoms with Crippen molar-refractivity contribution >= 4 is 17.6 Å². The zero-order valence-corrected chi connectivity index (χ0v) is 24.0. The maximum Gasteiger partial charge on any atom is 0.311 e. The molecule has 4 aromatic rings. The predicted molar refractivity (Wildman–Crippen MR) is 150 cm³/mol. The summed E-state index contributed by atoms with van der Waals surface area (Å²) < 4.78 is 26.5. The van der Waals surface area contributed by atoms with Gasteiger partial charge in [0.1, 0.15) is 18.6 Å². The van der Waals surface area contributed by atoms with E-state index in [0.717, 1.165) is 28.2 Å². The van der Waals surface area contributed by atoms with E-state index in [1.54, 1.807) is 14.2 Å². The minimum absolute atomic E-state index is 0.0517. The largest absolute Gasteiger partial charge is 0.493 e. The van der Waals surface area contributed by atoms with E-state index in [9.17, 15) is 4.79 Å². The number of benzene rings is 2. The second kappa shape index (κ2) is 12.3. The summed E-state index contributed by atoms with van der Waals surface area (Å²) in [5.41, 5.74) is 4.45. The normalized spacial score (nSPS) is 16.2. The summed E-state index contributed by atoms with van der Waals surface area (Å²) in [6.07, 6.45) is -0.763. The van der Waals surface area contributed by atoms with Crippen LogP contribution in [-0.2, 0) is 33.8 Å². The van der Waals surface area contributed by atoms with Gasteiger partial charge < -0.3 is 28.6 Å². The molecule has 0 amide bonds. The van der Waals surface area contributed by atoms with Gasteiger partial charge >= 0.3 is 5.97 Å². The Balaban J connectivity index is 1.61. The second-order valence-corrected chi connectivity index (χ2v) is 10.3. The third-order valence-corrected chi connectivity index (χ3v) is 7.05. The number of hydrogen-bond acceptors (Lipinski definition) is 8. The lowest BCUT2D eigenvalue weighted by atomic mass is 9.98. The third-order valence-electron chi connectivity index (χ3n) is 6.81. The molecule has 1 aliphatic rings. The van der Waals surface area contributed by atoms with Gasteiger partial charge in [0.05, 0.1) is 44.9 Å². The van der Waals surface area contributed by atoms with Crippen molar-refractivity contribution in [1.82, 2.24) is 24.8 Å². The molecule has 0 unspecified atom stereocenters. The van der Waals surface area contributed by atoms with Gasteiger partial charge in [-0.1, -0.05) is 23.7 Å². The zero-order chi connectivity index (χ0) is 29.1. The van der Waals surface area contributed by atoms with Crippen LogP contribution in [0.1, 0.15) is 60.8 Å². The van der Waals surface area contributed by atoms with Crippen molar-refractivity contribution in [3.63, 3.8) is 0 Å². The minimum atomic E-state index is -1.02. The van der Waals surface area contributed by atoms with E-state index in [0.29, 0.717) is 36.1 Å². The fourth-order valence-electron chi connectivity index (χ4n) is 5.04. The van der Waals surface area contributed by atoms with Crippen LogP contribution in [0.5, 0.6) is 11.5 Å². The number of carbonyl (C=O) groups is 1. The van der Waals surface area contributed by atoms with Crippen molar-refractivity contribution in [2.24, 2.45) is 0 Å². The molecule has 216 valence electrons. The van der Waals surface area contributed by atoms with Crippen molar-refractivity contribution in [3.8, 4) is 17.2 Å². The van der Waals surface area contributed by atoms with E-state index in [-0.39, 0.29) is 18.3 Å². The highest BCUT2D eigenvalue weighted by atomic mass is 35.5. The Morgan fingerprint density at radius 1 is 1.12 bits per heavy atom. The number of aromatic nitrogens is 5. The second-order valence-electron chi connectivity index (χ2n) is 9.90. The van der Waals surface area contributed by atoms with Crippen LogP contribution in [0.15, 0.2) is 48.5 Å². The highest BCUT2D eigenvalue weighted by Gasteiger charge is 2.34. The Morgan fingerprint density at radius 2 is 1.95 bits per heavy atom. The molecule has 0 saturated carbocycles. The molecule has 5 rings (SSSR count). The first kappa shape index (κ1) is 28.6. The lowest BCUT2D eigenvalue weighted by molar-refractivity contribution is -0.136. The van der Waals surface area contributed by atoms with Gasteiger partial charge in [0.2, 0.25) is 0 Å². The van der Waals surface area contributed by atoms with Crippen molar-refractivity contribution < 1.29 is 28.8 Å². The van der Waals surface area contributed by atoms with Gasteiger partial charge in [-0.05, 0) is 55.5 Å². The number of para-hydroxylation sites is 1. The SMILES string of the molecule is COc1cccc([C@H]2O[C@H](CCn3nnc(CC(=O)O)n3)c3ccc(COC(C)C)n3-c3ccc(Cl)cc32)c1OC. The summed E-state index contributed by atoms with van der Waals surface area (Å²) >= 11 is 6.56. The Hall–Kier alpha value is -3.93. The van der Waals surface area contributed by atoms with Crippen LogP contribution < -0.4 is 9.47 Å². The lowest BCUT2D eigenvalue weighted by Crippen LogP contribution is -2.15. The molecule has 0 saturated heterocycles. The standard InChI is InChI=1S/C29H32ClN5O6/c1-17(2)40-16-19-9-11-23-24(12-13-34-32-26(31-33-34)15-27(36)37)41-28(20-6-5-7-25(38-3)29(20)39-4)21-14-18(30)8-10-22(21)35(19)23/h5-11,14,17,24,28H,12-13,15-16H2,1-4H3,(H,36,37)/t24-,28-/m1/s1. The molecule has 1 aliphatic heterocycles. The average Bonchev–Trinajstić information content (AvgIpc) is 3.55. The van der Waals surface area contributed by atoms with Gasteiger partial charge in [0, 0.05) is 28.3 Å². The van der Waals surface area contributed by atoms with Crippen LogP contribution in [-0.4, -0.2) is 56.2 Å². The van der Waals surface area contributed by atoms with E-state index < -0.39 is 18.2 Å². The molecule has 3 heterocycles. The minimum Gasteiger partial charge on any atom is -0.493 e. The van der Waals surface area contributed by atoms with Crippen molar-refractivity contribution in [1.29, 1.82) is 0 Å². The van der Waals surface area contributed by atoms with E-state index in [1.165, 1.54) is 4.80 Å². The molecule has 2 aromatic heterocycles. The summed E-state index contributed by atoms with van der Waals surface area (Å²) in [6, 6.07) is 15.5. The van der Waals surface area contributed by atoms with Gasteiger partial charge in [-0.15, -0.1) is 10.2 Å². The number of ether oxygens (including phenoxy) is 4. The molecular formula is C29H32ClN5O6. The van der Waals surface area contributed by atoms with Gasteiger partial charge in [0.15, 0.2) is 17.3 Å². The molecule has 2 aromatic carbocycles. The fraction of sp³-hybridized carbons (Fsp3) is 0.379. The summed E-state index contributed by atoms with van der Waals surface area (Å²) in [5.74, 6) is 0.284. The molecule has 12 heteroatoms. The predicted octanol–water partition coefficient (Wildman–Crippen LogP) is 4.94. The lowest BCUT2D eigenvalue weighted by Gasteiger charge is -2.25. The summed E-state index contributed by atoms with van der Waals surface area (Å²) in [4.78, 5) is 12.5. The molecule has 0 radical (unpaired) electrons. The summed E-state index contributed by atoms with van der Waals surface area (Å²) in [5, 5.41) is 21.8. The number of carboxylic acids is 1. The van der Waals surface area contributed by atoms with Crippen LogP contribution in [0.4, 0.5) is 0 Å². The number of carboxylic acid groups (broad SMARTS) is 1. The van der Waals surface area contributed by atoms with Gasteiger partial charge in [-0.3, -0.25) is 4.79 Å². The Labute approximate surface area is 242 Å². The maximum absolute atomic E-state index is 11.1. The number of nitrogens with zero attached hydrogens (tertiary/aromatic N) is 5. The molecule has 0 fully saturated rings. The number of fused-ring (bicyclic) bond motifs is 3. The first-order chi connectivity index (χ1) is 19.8. The smallest absolute Gasteiger partial charge is 0.311 e. The first-order valence-electron chi connectivity index (χ1n) is 13.3. The maximum atomic E-state index is 11.1. The Morgan fingerprint density at radius 3 is 2.68 bits per heavy atom. The third kappa shape index (κ3) is 6.07. The number of rotatable bonds is 11. The topological polar surface area (TPSA) is 123 Å². The number of methoxy groups -OCH3 is 2. The van der Waals surface area contributed by atoms with E-state index >= 15 is 0 Å². The zero-order valence-electron chi connectivity index (χ0n) is 23.3. The van der Waals surface area contributed by atoms with Crippen LogP contribution in [0, 0.1) is 0 Å². The van der Waals surface area contributed by atoms with Crippen LogP contribution in [0.25, 0.3) is 5.69 Å². The number of halogens is 1. The van der Waals surface area contributed by atoms with Gasteiger partial charge in [-0.25, -0.2) is 0 Å². The van der Waals surface area contributed by atoms with Crippen molar-refractivity contribution in [2.75, 3.05) is 14.2 Å². The molecule has 2 atom stereocenters. The van der Waals surface area contributed by atoms with Crippen molar-refractivity contribution in [3.05, 3.63) is 81.9 Å².